The maximum atomic E-state index is 14.0. The van der Waals surface area contributed by atoms with Crippen LogP contribution in [-0.2, 0) is 88.9 Å². The second kappa shape index (κ2) is 41.6. The molecule has 32 nitrogen and oxygen atoms in total. The molecule has 476 valence electrons. The summed E-state index contributed by atoms with van der Waals surface area (Å²) in [4.78, 5) is 183. The molecule has 0 bridgehead atoms. The number of unbranched alkanes of at least 4 members (excludes halogenated alkanes) is 4. The van der Waals surface area contributed by atoms with Crippen LogP contribution in [0, 0.1) is 5.92 Å². The third-order valence-electron chi connectivity index (χ3n) is 12.4. The van der Waals surface area contributed by atoms with Gasteiger partial charge in [0.2, 0.25) is 76.8 Å². The molecule has 0 aliphatic carbocycles. The van der Waals surface area contributed by atoms with Crippen molar-refractivity contribution >= 4 is 82.8 Å². The molecule has 84 heavy (non-hydrogen) atoms. The molecule has 3 unspecified atom stereocenters. The molecule has 0 radical (unpaired) electrons. The number of aliphatic hydroxyl groups excluding tert-OH is 1. The predicted octanol–water partition coefficient (Wildman–Crippen LogP) is -4.08. The van der Waals surface area contributed by atoms with Gasteiger partial charge in [-0.25, -0.2) is 15.2 Å². The molecule has 0 aromatic heterocycles. The van der Waals surface area contributed by atoms with Crippen molar-refractivity contribution in [2.45, 2.75) is 168 Å². The third kappa shape index (κ3) is 31.4. The Morgan fingerprint density at radius 3 is 1.52 bits per heavy atom. The van der Waals surface area contributed by atoms with Crippen LogP contribution in [0.15, 0.2) is 12.2 Å². The van der Waals surface area contributed by atoms with Gasteiger partial charge in [0.25, 0.3) is 0 Å². The van der Waals surface area contributed by atoms with Crippen LogP contribution in [0.2, 0.25) is 0 Å². The number of hydrogen-bond acceptors (Lipinski definition) is 19. The van der Waals surface area contributed by atoms with Gasteiger partial charge in [-0.15, -0.1) is 0 Å². The Morgan fingerprint density at radius 1 is 0.571 bits per heavy atom. The van der Waals surface area contributed by atoms with Gasteiger partial charge >= 0.3 is 5.97 Å². The Labute approximate surface area is 497 Å². The fourth-order valence-corrected chi connectivity index (χ4v) is 7.55. The predicted molar refractivity (Wildman–Crippen MR) is 289 cm³/mol. The smallest absolute Gasteiger partial charge is 0.325 e. The molecule has 1 aliphatic rings. The number of nitrogens with zero attached hydrogens (tertiary/aromatic N) is 3. The van der Waals surface area contributed by atoms with Crippen LogP contribution >= 0.6 is 0 Å². The van der Waals surface area contributed by atoms with Crippen molar-refractivity contribution in [1.29, 1.82) is 0 Å². The van der Waals surface area contributed by atoms with Crippen LogP contribution in [0.3, 0.4) is 0 Å². The van der Waals surface area contributed by atoms with Crippen LogP contribution in [-0.4, -0.2) is 213 Å². The van der Waals surface area contributed by atoms with Crippen molar-refractivity contribution in [3.8, 4) is 0 Å². The Hall–Kier alpha value is -7.32. The third-order valence-corrected chi connectivity index (χ3v) is 12.4. The minimum absolute atomic E-state index is 0. The van der Waals surface area contributed by atoms with Crippen molar-refractivity contribution in [2.75, 3.05) is 52.5 Å². The van der Waals surface area contributed by atoms with Gasteiger partial charge in [0.05, 0.1) is 19.7 Å². The van der Waals surface area contributed by atoms with Crippen LogP contribution < -0.4 is 53.2 Å². The molecule has 0 saturated carbocycles. The average Bonchev–Trinajstić information content (AvgIpc) is 3.54. The van der Waals surface area contributed by atoms with E-state index in [-0.39, 0.29) is 81.6 Å². The number of rotatable bonds is 22. The summed E-state index contributed by atoms with van der Waals surface area (Å²) in [6.07, 6.45) is 6.38. The number of aliphatic hydroxyl groups is 1. The monoisotopic (exact) mass is 1240 g/mol. The van der Waals surface area contributed by atoms with Gasteiger partial charge in [-0.3, -0.25) is 82.7 Å². The van der Waals surface area contributed by atoms with E-state index in [1.165, 1.54) is 20.8 Å². The van der Waals surface area contributed by atoms with Crippen molar-refractivity contribution in [1.82, 2.24) is 68.4 Å². The van der Waals surface area contributed by atoms with E-state index in [2.05, 4.69) is 60.1 Å². The Kier molecular flexibility index (Phi) is 38.0. The summed E-state index contributed by atoms with van der Waals surface area (Å²) in [5.74, 6) is -14.1. The topological polar surface area (TPSA) is 459 Å². The normalized spacial score (nSPS) is 21.6. The summed E-state index contributed by atoms with van der Waals surface area (Å²) < 4.78 is 5.29. The maximum Gasteiger partial charge on any atom is 0.325 e. The summed E-state index contributed by atoms with van der Waals surface area (Å²) in [6.45, 7) is 3.95. The number of carbonyl (C=O) groups is 14. The van der Waals surface area contributed by atoms with Crippen LogP contribution in [0.4, 0.5) is 0 Å². The zero-order valence-electron chi connectivity index (χ0n) is 48.5. The number of allylic oxidation sites excluding steroid dienone is 1. The Morgan fingerprint density at radius 2 is 1.02 bits per heavy atom. The van der Waals surface area contributed by atoms with Gasteiger partial charge in [-0.05, 0) is 64.2 Å². The quantitative estimate of drug-likeness (QED) is 0.0122. The second-order valence-electron chi connectivity index (χ2n) is 19.8. The van der Waals surface area contributed by atoms with E-state index >= 15 is 0 Å². The molecule has 1 rings (SSSR count). The van der Waals surface area contributed by atoms with E-state index in [9.17, 15) is 87.9 Å². The first-order valence-electron chi connectivity index (χ1n) is 27.4. The molecule has 33 heteroatoms. The number of ether oxygens (including phenoxy) is 1. The van der Waals surface area contributed by atoms with Crippen molar-refractivity contribution in [3.05, 3.63) is 12.2 Å². The number of nitrogens with one attached hydrogen (secondary N) is 10. The molecule has 1 fully saturated rings. The number of carbonyl (C=O) groups excluding carboxylic acids is 14. The number of esters is 1. The second-order valence-corrected chi connectivity index (χ2v) is 19.8. The van der Waals surface area contributed by atoms with Crippen molar-refractivity contribution in [2.24, 2.45) is 5.92 Å². The first-order chi connectivity index (χ1) is 39.1. The van der Waals surface area contributed by atoms with E-state index < -0.39 is 164 Å². The summed E-state index contributed by atoms with van der Waals surface area (Å²) in [5.41, 5.74) is 0. The molecule has 0 spiro atoms. The van der Waals surface area contributed by atoms with Crippen molar-refractivity contribution in [3.63, 3.8) is 0 Å². The van der Waals surface area contributed by atoms with Crippen LogP contribution in [0.1, 0.15) is 126 Å². The minimum Gasteiger partial charge on any atom is -0.462 e. The molecule has 1 heterocycles. The van der Waals surface area contributed by atoms with E-state index in [1.54, 1.807) is 12.2 Å². The van der Waals surface area contributed by atoms with Gasteiger partial charge in [-0.2, -0.15) is 0 Å². The number of hydrogen-bond donors (Lipinski definition) is 14. The van der Waals surface area contributed by atoms with E-state index in [0.717, 1.165) is 46.5 Å². The summed E-state index contributed by atoms with van der Waals surface area (Å²) >= 11 is 0. The number of amides is 13. The fraction of sp³-hybridized carbons (Fsp3) is 0.686. The zero-order valence-corrected chi connectivity index (χ0v) is 49.6. The first kappa shape index (κ1) is 76.7. The summed E-state index contributed by atoms with van der Waals surface area (Å²) in [7, 11) is 0. The number of hydroxylamine groups is 6. The fourth-order valence-electron chi connectivity index (χ4n) is 7.55. The molecule has 1 aliphatic heterocycles. The molecule has 0 aromatic carbocycles. The van der Waals surface area contributed by atoms with Crippen LogP contribution in [0.5, 0.6) is 0 Å². The van der Waals surface area contributed by atoms with E-state index in [4.69, 9.17) is 4.74 Å². The summed E-state index contributed by atoms with van der Waals surface area (Å²) in [5, 5.41) is 64.6. The Bertz CT molecular complexity index is 2280. The van der Waals surface area contributed by atoms with E-state index in [0.29, 0.717) is 21.6 Å². The van der Waals surface area contributed by atoms with Gasteiger partial charge in [0, 0.05) is 63.9 Å². The van der Waals surface area contributed by atoms with Crippen molar-refractivity contribution < 1.29 is 110 Å². The van der Waals surface area contributed by atoms with Crippen LogP contribution in [0.25, 0.3) is 0 Å². The molecule has 0 aromatic rings. The Balaban J connectivity index is 0.0000689. The largest absolute Gasteiger partial charge is 0.462 e. The zero-order chi connectivity index (χ0) is 62.8. The maximum absolute atomic E-state index is 14.0. The molecule has 14 N–H and O–H groups in total. The van der Waals surface area contributed by atoms with E-state index in [1.807, 2.05) is 0 Å². The SMILES string of the molecule is CCCCCC/C=C\CC(=O)N[C@@H]1COC(=O)CNC(=O)C(CCCN(O)C(C)=O)NC(=O)CNC(=O)[C@@H](C)NC(=O)C(CCCN(O)C(C)=O)NC(=O)[C@H](CO)NC(=O)[C@@H](C(C)C)NC(=O)CNC(=O)C(CCCN(O)C(C)=O)NC1=O.[Fe]. The van der Waals surface area contributed by atoms with Gasteiger partial charge in [0.15, 0.2) is 0 Å². The molecule has 1 saturated heterocycles. The van der Waals surface area contributed by atoms with Gasteiger partial charge in [0.1, 0.15) is 55.4 Å². The molecular formula is C51H85FeN13O19. The summed E-state index contributed by atoms with van der Waals surface area (Å²) in [6, 6.07) is -11.0. The molecule has 13 amide bonds. The van der Waals surface area contributed by atoms with Gasteiger partial charge < -0.3 is 63.0 Å². The first-order valence-corrected chi connectivity index (χ1v) is 27.4. The molecule has 7 atom stereocenters. The average molecular weight is 1240 g/mol. The number of cyclic esters (lactones) is 1. The standard InChI is InChI=1S/C51H85N13O19.Fe/c1-8-9-10-11-12-13-14-21-40(69)57-39-29-83-43(72)27-54-46(74)35(18-15-22-62(80)32(5)66)56-41(70)25-52-45(73)31(4)55-48(76)37(20-17-24-64(82)34(7)68)59-49(77)38(28-65)60-51(79)44(30(2)3)61-42(71)26-53-47(75)36(58-50(39)78)19-16-23-63(81)33(6)67;/h13-14,30-31,35-39,44,65,80-82H,8-12,15-29H2,1-7H3,(H,52,73)(H,53,75)(H,54,74)(H,55,76)(H,56,70)(H,57,69)(H,58,78)(H,59,77)(H,60,79)(H,61,71);/b14-13-;/t31-,35?,36?,37?,38+,39-,44-;/m1./s1. The molecular weight excluding hydrogens is 1150 g/mol. The minimum atomic E-state index is -1.79. The van der Waals surface area contributed by atoms with Gasteiger partial charge in [-0.1, -0.05) is 52.2 Å².